The lowest BCUT2D eigenvalue weighted by Crippen LogP contribution is -2.21. The number of aromatic nitrogens is 2. The first-order valence-electron chi connectivity index (χ1n) is 7.98. The summed E-state index contributed by atoms with van der Waals surface area (Å²) >= 11 is 0. The molecule has 0 saturated carbocycles. The number of hydrogen-bond donors (Lipinski definition) is 1. The van der Waals surface area contributed by atoms with Crippen LogP contribution in [0, 0.1) is 5.82 Å². The Hall–Kier alpha value is -3.49. The van der Waals surface area contributed by atoms with E-state index in [2.05, 4.69) is 26.6 Å². The fourth-order valence-corrected chi connectivity index (χ4v) is 2.50. The van der Waals surface area contributed by atoms with Crippen LogP contribution in [-0.4, -0.2) is 22.2 Å². The van der Waals surface area contributed by atoms with Gasteiger partial charge in [-0.3, -0.25) is 4.79 Å². The third kappa shape index (κ3) is 4.61. The Balaban J connectivity index is 2.02. The van der Waals surface area contributed by atoms with Crippen LogP contribution in [0.15, 0.2) is 55.1 Å². The highest BCUT2D eigenvalue weighted by Gasteiger charge is 2.31. The molecular weight excluding hydrogens is 378 g/mol. The average Bonchev–Trinajstić information content (AvgIpc) is 2.64. The smallest absolute Gasteiger partial charge is 0.406 e. The van der Waals surface area contributed by atoms with Crippen LogP contribution in [-0.2, 0) is 11.3 Å². The lowest BCUT2D eigenvalue weighted by molar-refractivity contribution is -0.274. The highest BCUT2D eigenvalue weighted by molar-refractivity contribution is 5.92. The predicted molar refractivity (Wildman–Crippen MR) is 93.7 cm³/mol. The molecule has 28 heavy (non-hydrogen) atoms. The van der Waals surface area contributed by atoms with Crippen molar-refractivity contribution in [2.24, 2.45) is 0 Å². The number of carbonyl (C=O) groups excluding carboxylic acids is 1. The Kier molecular flexibility index (Phi) is 5.25. The van der Waals surface area contributed by atoms with Crippen LogP contribution in [0.2, 0.25) is 0 Å². The maximum Gasteiger partial charge on any atom is 0.573 e. The van der Waals surface area contributed by atoms with Crippen LogP contribution in [0.4, 0.5) is 17.6 Å². The van der Waals surface area contributed by atoms with E-state index in [4.69, 9.17) is 0 Å². The molecule has 0 bridgehead atoms. The first-order valence-corrected chi connectivity index (χ1v) is 7.98. The van der Waals surface area contributed by atoms with E-state index in [1.807, 2.05) is 0 Å². The van der Waals surface area contributed by atoms with Gasteiger partial charge in [0.25, 0.3) is 0 Å². The molecule has 0 aliphatic carbocycles. The third-order valence-electron chi connectivity index (χ3n) is 3.67. The molecule has 2 aromatic carbocycles. The Morgan fingerprint density at radius 3 is 2.50 bits per heavy atom. The van der Waals surface area contributed by atoms with Crippen LogP contribution >= 0.6 is 0 Å². The second-order valence-corrected chi connectivity index (χ2v) is 5.64. The van der Waals surface area contributed by atoms with Gasteiger partial charge in [0.15, 0.2) is 0 Å². The number of ether oxygens (including phenoxy) is 1. The van der Waals surface area contributed by atoms with Gasteiger partial charge in [-0.25, -0.2) is 14.4 Å². The molecule has 0 radical (unpaired) electrons. The quantitative estimate of drug-likeness (QED) is 0.525. The average molecular weight is 391 g/mol. The number of benzene rings is 2. The van der Waals surface area contributed by atoms with Gasteiger partial charge in [-0.2, -0.15) is 0 Å². The van der Waals surface area contributed by atoms with Crippen molar-refractivity contribution in [3.05, 3.63) is 66.8 Å². The van der Waals surface area contributed by atoms with E-state index in [-0.39, 0.29) is 18.1 Å². The first kappa shape index (κ1) is 19.3. The summed E-state index contributed by atoms with van der Waals surface area (Å²) < 4.78 is 54.4. The molecule has 1 N–H and O–H groups in total. The van der Waals surface area contributed by atoms with Crippen LogP contribution < -0.4 is 10.1 Å². The fraction of sp³-hybridized carbons (Fsp3) is 0.105. The maximum atomic E-state index is 13.6. The molecule has 9 heteroatoms. The molecule has 0 unspecified atom stereocenters. The Morgan fingerprint density at radius 1 is 1.14 bits per heavy atom. The summed E-state index contributed by atoms with van der Waals surface area (Å²) in [5.41, 5.74) is 1.15. The lowest BCUT2D eigenvalue weighted by Gasteiger charge is -2.11. The van der Waals surface area contributed by atoms with Crippen molar-refractivity contribution in [1.82, 2.24) is 15.3 Å². The molecule has 0 atom stereocenters. The molecule has 0 spiro atoms. The summed E-state index contributed by atoms with van der Waals surface area (Å²) in [4.78, 5) is 19.9. The SMILES string of the molecule is C=CC(=O)NCc1nc(-c2ccc(OC(F)(F)F)cc2)c2ccc(F)cc2n1. The van der Waals surface area contributed by atoms with Crippen LogP contribution in [0.1, 0.15) is 5.82 Å². The zero-order valence-corrected chi connectivity index (χ0v) is 14.3. The zero-order valence-electron chi connectivity index (χ0n) is 14.3. The summed E-state index contributed by atoms with van der Waals surface area (Å²) in [6.07, 6.45) is -3.71. The second-order valence-electron chi connectivity index (χ2n) is 5.64. The molecule has 0 aliphatic heterocycles. The van der Waals surface area contributed by atoms with Crippen LogP contribution in [0.5, 0.6) is 5.75 Å². The van der Waals surface area contributed by atoms with Crippen molar-refractivity contribution in [1.29, 1.82) is 0 Å². The lowest BCUT2D eigenvalue weighted by atomic mass is 10.1. The van der Waals surface area contributed by atoms with E-state index in [0.29, 0.717) is 22.2 Å². The van der Waals surface area contributed by atoms with Crippen molar-refractivity contribution in [3.8, 4) is 17.0 Å². The van der Waals surface area contributed by atoms with Gasteiger partial charge in [0.2, 0.25) is 5.91 Å². The number of amides is 1. The largest absolute Gasteiger partial charge is 0.573 e. The molecule has 0 fully saturated rings. The molecule has 3 aromatic rings. The van der Waals surface area contributed by atoms with E-state index in [9.17, 15) is 22.4 Å². The molecule has 5 nitrogen and oxygen atoms in total. The summed E-state index contributed by atoms with van der Waals surface area (Å²) in [6, 6.07) is 9.03. The Bertz CT molecular complexity index is 1030. The van der Waals surface area contributed by atoms with Gasteiger partial charge in [-0.1, -0.05) is 6.58 Å². The highest BCUT2D eigenvalue weighted by Crippen LogP contribution is 2.30. The standard InChI is InChI=1S/C19H13F4N3O2/c1-2-17(27)24-10-16-25-15-9-12(20)5-8-14(15)18(26-16)11-3-6-13(7-4-11)28-19(21,22)23/h2-9H,1,10H2,(H,24,27). The summed E-state index contributed by atoms with van der Waals surface area (Å²) in [7, 11) is 0. The predicted octanol–water partition coefficient (Wildman–Crippen LogP) is 4.14. The molecule has 1 aromatic heterocycles. The number of fused-ring (bicyclic) bond motifs is 1. The first-order chi connectivity index (χ1) is 13.2. The van der Waals surface area contributed by atoms with Gasteiger partial charge in [0, 0.05) is 17.0 Å². The van der Waals surface area contributed by atoms with Crippen molar-refractivity contribution in [2.75, 3.05) is 0 Å². The number of alkyl halides is 3. The van der Waals surface area contributed by atoms with E-state index in [1.54, 1.807) is 0 Å². The monoisotopic (exact) mass is 391 g/mol. The molecule has 3 rings (SSSR count). The van der Waals surface area contributed by atoms with E-state index >= 15 is 0 Å². The molecular formula is C19H13F4N3O2. The number of hydrogen-bond acceptors (Lipinski definition) is 4. The van der Waals surface area contributed by atoms with Gasteiger partial charge in [0.05, 0.1) is 17.8 Å². The molecule has 0 aliphatic rings. The minimum atomic E-state index is -4.79. The van der Waals surface area contributed by atoms with Gasteiger partial charge in [0.1, 0.15) is 17.4 Å². The van der Waals surface area contributed by atoms with Gasteiger partial charge in [-0.05, 0) is 42.5 Å². The van der Waals surface area contributed by atoms with Crippen molar-refractivity contribution >= 4 is 16.8 Å². The van der Waals surface area contributed by atoms with Crippen LogP contribution in [0.25, 0.3) is 22.2 Å². The van der Waals surface area contributed by atoms with Gasteiger partial charge >= 0.3 is 6.36 Å². The van der Waals surface area contributed by atoms with Gasteiger partial charge in [-0.15, -0.1) is 13.2 Å². The molecule has 1 heterocycles. The Morgan fingerprint density at radius 2 is 1.86 bits per heavy atom. The maximum absolute atomic E-state index is 13.6. The number of rotatable bonds is 5. The zero-order chi connectivity index (χ0) is 20.3. The number of nitrogens with zero attached hydrogens (tertiary/aromatic N) is 2. The topological polar surface area (TPSA) is 64.1 Å². The molecule has 0 saturated heterocycles. The number of carbonyl (C=O) groups is 1. The fourth-order valence-electron chi connectivity index (χ4n) is 2.50. The van der Waals surface area contributed by atoms with Crippen molar-refractivity contribution in [3.63, 3.8) is 0 Å². The van der Waals surface area contributed by atoms with E-state index < -0.39 is 18.1 Å². The van der Waals surface area contributed by atoms with Gasteiger partial charge < -0.3 is 10.1 Å². The van der Waals surface area contributed by atoms with Crippen LogP contribution in [0.3, 0.4) is 0 Å². The number of halogens is 4. The van der Waals surface area contributed by atoms with Crippen molar-refractivity contribution < 1.29 is 27.1 Å². The minimum Gasteiger partial charge on any atom is -0.406 e. The summed E-state index contributed by atoms with van der Waals surface area (Å²) in [5.74, 6) is -1.11. The highest BCUT2D eigenvalue weighted by atomic mass is 19.4. The van der Waals surface area contributed by atoms with Crippen molar-refractivity contribution in [2.45, 2.75) is 12.9 Å². The summed E-state index contributed by atoms with van der Waals surface area (Å²) in [5, 5.41) is 3.03. The third-order valence-corrected chi connectivity index (χ3v) is 3.67. The minimum absolute atomic E-state index is 0.0282. The molecule has 1 amide bonds. The van der Waals surface area contributed by atoms with E-state index in [1.165, 1.54) is 30.3 Å². The second kappa shape index (κ2) is 7.63. The molecule has 144 valence electrons. The summed E-state index contributed by atoms with van der Waals surface area (Å²) in [6.45, 7) is 3.31. The van der Waals surface area contributed by atoms with E-state index in [0.717, 1.165) is 18.2 Å². The Labute approximate surface area is 156 Å². The number of nitrogens with one attached hydrogen (secondary N) is 1. The normalized spacial score (nSPS) is 11.3.